The van der Waals surface area contributed by atoms with E-state index in [1.54, 1.807) is 18.3 Å². The summed E-state index contributed by atoms with van der Waals surface area (Å²) in [6.07, 6.45) is 1.58. The van der Waals surface area contributed by atoms with Gasteiger partial charge in [0, 0.05) is 30.0 Å². The average Bonchev–Trinajstić information content (AvgIpc) is 2.49. The fourth-order valence-corrected chi connectivity index (χ4v) is 2.08. The van der Waals surface area contributed by atoms with Gasteiger partial charge in [0.05, 0.1) is 13.2 Å². The number of hydrogen-bond acceptors (Lipinski definition) is 4. The maximum absolute atomic E-state index is 12.1. The Morgan fingerprint density at radius 1 is 1.48 bits per heavy atom. The van der Waals surface area contributed by atoms with Crippen molar-refractivity contribution in [2.75, 3.05) is 31.6 Å². The molecule has 1 heterocycles. The molecule has 5 nitrogen and oxygen atoms in total. The predicted molar refractivity (Wildman–Crippen MR) is 80.9 cm³/mol. The van der Waals surface area contributed by atoms with Crippen molar-refractivity contribution in [3.05, 3.63) is 40.6 Å². The number of hydrogen-bond donors (Lipinski definition) is 1. The van der Waals surface area contributed by atoms with Gasteiger partial charge >= 0.3 is 0 Å². The fraction of sp³-hybridized carbons (Fsp3) is 0.333. The van der Waals surface area contributed by atoms with Gasteiger partial charge in [0.1, 0.15) is 11.6 Å². The summed E-state index contributed by atoms with van der Waals surface area (Å²) in [7, 11) is 0. The van der Waals surface area contributed by atoms with Gasteiger partial charge in [-0.15, -0.1) is 0 Å². The lowest BCUT2D eigenvalue weighted by Gasteiger charge is -2.25. The quantitative estimate of drug-likeness (QED) is 0.687. The van der Waals surface area contributed by atoms with E-state index in [1.807, 2.05) is 24.0 Å². The summed E-state index contributed by atoms with van der Waals surface area (Å²) in [5.41, 5.74) is 1.56. The molecule has 1 amide bonds. The molecule has 1 aliphatic rings. The summed E-state index contributed by atoms with van der Waals surface area (Å²) in [5, 5.41) is 12.4. The van der Waals surface area contributed by atoms with Gasteiger partial charge in [-0.25, -0.2) is 0 Å². The van der Waals surface area contributed by atoms with Gasteiger partial charge in [-0.2, -0.15) is 5.26 Å². The molecule has 0 radical (unpaired) electrons. The van der Waals surface area contributed by atoms with Crippen LogP contribution in [0.1, 0.15) is 5.56 Å². The molecule has 1 aliphatic heterocycles. The van der Waals surface area contributed by atoms with Crippen LogP contribution in [0, 0.1) is 18.3 Å². The number of anilines is 1. The lowest BCUT2D eigenvalue weighted by atomic mass is 10.2. The van der Waals surface area contributed by atoms with E-state index in [9.17, 15) is 4.79 Å². The molecular weight excluding hydrogens is 290 g/mol. The van der Waals surface area contributed by atoms with Crippen LogP contribution in [0.4, 0.5) is 5.69 Å². The number of nitriles is 1. The zero-order valence-corrected chi connectivity index (χ0v) is 12.5. The summed E-state index contributed by atoms with van der Waals surface area (Å²) in [6, 6.07) is 7.16. The second-order valence-electron chi connectivity index (χ2n) is 4.72. The highest BCUT2D eigenvalue weighted by molar-refractivity contribution is 6.31. The number of rotatable bonds is 3. The van der Waals surface area contributed by atoms with Crippen molar-refractivity contribution in [2.45, 2.75) is 6.92 Å². The number of amides is 1. The van der Waals surface area contributed by atoms with Gasteiger partial charge in [-0.3, -0.25) is 4.79 Å². The van der Waals surface area contributed by atoms with Gasteiger partial charge in [-0.05, 0) is 24.6 Å². The Morgan fingerprint density at radius 3 is 2.81 bits per heavy atom. The molecule has 0 spiro atoms. The van der Waals surface area contributed by atoms with Gasteiger partial charge in [0.25, 0.3) is 5.91 Å². The van der Waals surface area contributed by atoms with Crippen LogP contribution >= 0.6 is 11.6 Å². The van der Waals surface area contributed by atoms with Crippen LogP contribution in [0.3, 0.4) is 0 Å². The normalized spacial score (nSPS) is 15.5. The number of morpholine rings is 1. The van der Waals surface area contributed by atoms with Crippen LogP contribution in [0.15, 0.2) is 30.0 Å². The number of carbonyl (C=O) groups is 1. The molecule has 0 aromatic heterocycles. The van der Waals surface area contributed by atoms with E-state index in [2.05, 4.69) is 5.32 Å². The standard InChI is InChI=1S/C15H16ClN3O2/c1-11-2-3-13(8-14(11)16)18-15(20)12(9-17)10-19-4-6-21-7-5-19/h2-3,8,10H,4-7H2,1H3,(H,18,20)/b12-10-. The van der Waals surface area contributed by atoms with Gasteiger partial charge in [-0.1, -0.05) is 17.7 Å². The highest BCUT2D eigenvalue weighted by Crippen LogP contribution is 2.20. The molecule has 0 saturated carbocycles. The van der Waals surface area contributed by atoms with Crippen molar-refractivity contribution in [1.29, 1.82) is 5.26 Å². The molecule has 0 aliphatic carbocycles. The lowest BCUT2D eigenvalue weighted by Crippen LogP contribution is -2.33. The first kappa shape index (κ1) is 15.4. The zero-order chi connectivity index (χ0) is 15.2. The topological polar surface area (TPSA) is 65.4 Å². The minimum atomic E-state index is -0.441. The second kappa shape index (κ2) is 7.11. The number of ether oxygens (including phenoxy) is 1. The molecule has 1 saturated heterocycles. The number of nitrogens with zero attached hydrogens (tertiary/aromatic N) is 2. The average molecular weight is 306 g/mol. The Kier molecular flexibility index (Phi) is 5.20. The molecule has 1 aromatic rings. The minimum Gasteiger partial charge on any atom is -0.378 e. The molecule has 1 N–H and O–H groups in total. The van der Waals surface area contributed by atoms with E-state index in [4.69, 9.17) is 21.6 Å². The van der Waals surface area contributed by atoms with Crippen molar-refractivity contribution in [3.63, 3.8) is 0 Å². The molecule has 1 fully saturated rings. The summed E-state index contributed by atoms with van der Waals surface area (Å²) >= 11 is 6.01. The smallest absolute Gasteiger partial charge is 0.267 e. The van der Waals surface area contributed by atoms with Gasteiger partial charge in [0.15, 0.2) is 0 Å². The van der Waals surface area contributed by atoms with Gasteiger partial charge in [0.2, 0.25) is 0 Å². The highest BCUT2D eigenvalue weighted by atomic mass is 35.5. The summed E-state index contributed by atoms with van der Waals surface area (Å²) in [6.45, 7) is 4.44. The van der Waals surface area contributed by atoms with Crippen LogP contribution < -0.4 is 5.32 Å². The molecular formula is C15H16ClN3O2. The largest absolute Gasteiger partial charge is 0.378 e. The van der Waals surface area contributed by atoms with Crippen molar-refractivity contribution in [2.24, 2.45) is 0 Å². The number of benzene rings is 1. The van der Waals surface area contributed by atoms with Crippen molar-refractivity contribution in [3.8, 4) is 6.07 Å². The molecule has 110 valence electrons. The molecule has 0 bridgehead atoms. The third-order valence-electron chi connectivity index (χ3n) is 3.15. The number of halogens is 1. The molecule has 21 heavy (non-hydrogen) atoms. The van der Waals surface area contributed by atoms with Crippen molar-refractivity contribution < 1.29 is 9.53 Å². The first-order chi connectivity index (χ1) is 10.1. The monoisotopic (exact) mass is 305 g/mol. The molecule has 0 atom stereocenters. The third-order valence-corrected chi connectivity index (χ3v) is 3.56. The number of carbonyl (C=O) groups excluding carboxylic acids is 1. The van der Waals surface area contributed by atoms with E-state index >= 15 is 0 Å². The molecule has 2 rings (SSSR count). The molecule has 1 aromatic carbocycles. The second-order valence-corrected chi connectivity index (χ2v) is 5.13. The fourth-order valence-electron chi connectivity index (χ4n) is 1.90. The van der Waals surface area contributed by atoms with Crippen molar-refractivity contribution >= 4 is 23.2 Å². The third kappa shape index (κ3) is 4.22. The maximum Gasteiger partial charge on any atom is 0.267 e. The summed E-state index contributed by atoms with van der Waals surface area (Å²) in [4.78, 5) is 14.0. The first-order valence-corrected chi connectivity index (χ1v) is 6.99. The molecule has 6 heteroatoms. The zero-order valence-electron chi connectivity index (χ0n) is 11.7. The lowest BCUT2D eigenvalue weighted by molar-refractivity contribution is -0.112. The maximum atomic E-state index is 12.1. The minimum absolute atomic E-state index is 0.0635. The van der Waals surface area contributed by atoms with Gasteiger partial charge < -0.3 is 15.0 Å². The Balaban J connectivity index is 2.07. The molecule has 0 unspecified atom stereocenters. The van der Waals surface area contributed by atoms with E-state index in [1.165, 1.54) is 0 Å². The number of aryl methyl sites for hydroxylation is 1. The summed E-state index contributed by atoms with van der Waals surface area (Å²) < 4.78 is 5.23. The SMILES string of the molecule is Cc1ccc(NC(=O)/C(C#N)=C\N2CCOCC2)cc1Cl. The predicted octanol–water partition coefficient (Wildman–Crippen LogP) is 2.33. The Hall–Kier alpha value is -2.03. The van der Waals surface area contributed by atoms with Crippen LogP contribution in [-0.4, -0.2) is 37.1 Å². The van der Waals surface area contributed by atoms with Crippen molar-refractivity contribution in [1.82, 2.24) is 4.90 Å². The van der Waals surface area contributed by atoms with E-state index in [-0.39, 0.29) is 5.57 Å². The van der Waals surface area contributed by atoms with Crippen LogP contribution in [-0.2, 0) is 9.53 Å². The van der Waals surface area contributed by atoms with Crippen LogP contribution in [0.2, 0.25) is 5.02 Å². The summed E-state index contributed by atoms with van der Waals surface area (Å²) in [5.74, 6) is -0.441. The van der Waals surface area contributed by atoms with Crippen LogP contribution in [0.25, 0.3) is 0 Å². The Labute approximate surface area is 128 Å². The Morgan fingerprint density at radius 2 is 2.19 bits per heavy atom. The van der Waals surface area contributed by atoms with Crippen LogP contribution in [0.5, 0.6) is 0 Å². The van der Waals surface area contributed by atoms with E-state index < -0.39 is 5.91 Å². The van der Waals surface area contributed by atoms with E-state index in [0.29, 0.717) is 37.0 Å². The first-order valence-electron chi connectivity index (χ1n) is 6.61. The highest BCUT2D eigenvalue weighted by Gasteiger charge is 2.14. The van der Waals surface area contributed by atoms with E-state index in [0.717, 1.165) is 5.56 Å². The Bertz CT molecular complexity index is 601. The number of nitrogens with one attached hydrogen (secondary N) is 1.